The van der Waals surface area contributed by atoms with Gasteiger partial charge >= 0.3 is 6.09 Å². The number of morpholine rings is 1. The van der Waals surface area contributed by atoms with Crippen molar-refractivity contribution in [1.82, 2.24) is 20.0 Å². The molecule has 0 radical (unpaired) electrons. The summed E-state index contributed by atoms with van der Waals surface area (Å²) in [6.07, 6.45) is 2.54. The van der Waals surface area contributed by atoms with Crippen molar-refractivity contribution in [3.63, 3.8) is 0 Å². The van der Waals surface area contributed by atoms with E-state index in [1.807, 2.05) is 27.7 Å². The molecule has 2 aliphatic rings. The Labute approximate surface area is 171 Å². The molecule has 162 valence electrons. The van der Waals surface area contributed by atoms with E-state index in [1.165, 1.54) is 0 Å². The van der Waals surface area contributed by atoms with Gasteiger partial charge in [0.15, 0.2) is 0 Å². The first-order chi connectivity index (χ1) is 13.7. The number of nitrogens with zero attached hydrogens (tertiary/aromatic N) is 3. The molecule has 2 amide bonds. The van der Waals surface area contributed by atoms with Gasteiger partial charge in [-0.2, -0.15) is 5.10 Å². The van der Waals surface area contributed by atoms with Crippen LogP contribution in [0.1, 0.15) is 62.5 Å². The maximum Gasteiger partial charge on any atom is 0.410 e. The summed E-state index contributed by atoms with van der Waals surface area (Å²) in [6, 6.07) is -0.0855. The average Bonchev–Trinajstić information content (AvgIpc) is 3.16. The Morgan fingerprint density at radius 2 is 2.14 bits per heavy atom. The molecular weight excluding hydrogens is 376 g/mol. The largest absolute Gasteiger partial charge is 0.444 e. The minimum atomic E-state index is -0.547. The van der Waals surface area contributed by atoms with Gasteiger partial charge in [-0.1, -0.05) is 0 Å². The fraction of sp³-hybridized carbons (Fsp3) is 0.750. The first-order valence-electron chi connectivity index (χ1n) is 10.2. The zero-order valence-corrected chi connectivity index (χ0v) is 17.7. The van der Waals surface area contributed by atoms with Crippen molar-refractivity contribution in [1.29, 1.82) is 0 Å². The minimum Gasteiger partial charge on any atom is -0.444 e. The fourth-order valence-electron chi connectivity index (χ4n) is 3.85. The second-order valence-corrected chi connectivity index (χ2v) is 8.91. The quantitative estimate of drug-likeness (QED) is 0.789. The molecule has 1 aromatic rings. The highest BCUT2D eigenvalue weighted by Gasteiger charge is 2.35. The predicted octanol–water partition coefficient (Wildman–Crippen LogP) is 1.75. The molecule has 0 aromatic carbocycles. The number of rotatable bonds is 3. The van der Waals surface area contributed by atoms with Gasteiger partial charge in [-0.15, -0.1) is 0 Å². The van der Waals surface area contributed by atoms with Gasteiger partial charge in [0.2, 0.25) is 0 Å². The monoisotopic (exact) mass is 408 g/mol. The van der Waals surface area contributed by atoms with E-state index >= 15 is 0 Å². The first kappa shape index (κ1) is 21.6. The van der Waals surface area contributed by atoms with Crippen LogP contribution < -0.4 is 0 Å². The number of hydrogen-bond acceptors (Lipinski definition) is 6. The minimum absolute atomic E-state index is 0.0114. The van der Waals surface area contributed by atoms with Gasteiger partial charge in [0.1, 0.15) is 5.60 Å². The Morgan fingerprint density at radius 3 is 2.83 bits per heavy atom. The molecule has 2 saturated heterocycles. The van der Waals surface area contributed by atoms with E-state index < -0.39 is 5.60 Å². The smallest absolute Gasteiger partial charge is 0.410 e. The Morgan fingerprint density at radius 1 is 1.38 bits per heavy atom. The molecule has 3 rings (SSSR count). The lowest BCUT2D eigenvalue weighted by Gasteiger charge is -2.38. The van der Waals surface area contributed by atoms with Crippen LogP contribution in [-0.4, -0.2) is 87.7 Å². The summed E-state index contributed by atoms with van der Waals surface area (Å²) in [4.78, 5) is 29.1. The first-order valence-corrected chi connectivity index (χ1v) is 10.2. The molecule has 9 heteroatoms. The highest BCUT2D eigenvalue weighted by Crippen LogP contribution is 2.30. The number of aromatic amines is 1. The fourth-order valence-corrected chi connectivity index (χ4v) is 3.85. The molecule has 0 aliphatic carbocycles. The molecule has 2 fully saturated rings. The van der Waals surface area contributed by atoms with Gasteiger partial charge in [-0.05, 0) is 40.5 Å². The van der Waals surface area contributed by atoms with Gasteiger partial charge < -0.3 is 24.4 Å². The van der Waals surface area contributed by atoms with E-state index in [0.717, 1.165) is 18.5 Å². The van der Waals surface area contributed by atoms with E-state index in [9.17, 15) is 14.7 Å². The van der Waals surface area contributed by atoms with E-state index in [0.29, 0.717) is 31.8 Å². The van der Waals surface area contributed by atoms with Crippen LogP contribution in [0.5, 0.6) is 0 Å². The number of H-pyrrole nitrogens is 1. The summed E-state index contributed by atoms with van der Waals surface area (Å²) >= 11 is 0. The average molecular weight is 408 g/mol. The number of nitrogens with one attached hydrogen (secondary N) is 1. The lowest BCUT2D eigenvalue weighted by molar-refractivity contribution is -0.0667. The molecule has 0 bridgehead atoms. The molecular formula is C20H32N4O5. The van der Waals surface area contributed by atoms with E-state index in [4.69, 9.17) is 9.47 Å². The summed E-state index contributed by atoms with van der Waals surface area (Å²) in [6.45, 7) is 9.20. The van der Waals surface area contributed by atoms with Crippen LogP contribution in [0, 0.1) is 0 Å². The van der Waals surface area contributed by atoms with Crippen LogP contribution >= 0.6 is 0 Å². The second-order valence-electron chi connectivity index (χ2n) is 8.91. The summed E-state index contributed by atoms with van der Waals surface area (Å²) in [5.41, 5.74) is 0.725. The van der Waals surface area contributed by atoms with Crippen molar-refractivity contribution >= 4 is 12.0 Å². The number of aliphatic hydroxyl groups excluding tert-OH is 1. The molecule has 0 unspecified atom stereocenters. The summed E-state index contributed by atoms with van der Waals surface area (Å²) in [5.74, 6) is -0.139. The lowest BCUT2D eigenvalue weighted by atomic mass is 9.92. The third-order valence-corrected chi connectivity index (χ3v) is 5.35. The number of amides is 2. The van der Waals surface area contributed by atoms with Gasteiger partial charge in [0.25, 0.3) is 5.91 Å². The predicted molar refractivity (Wildman–Crippen MR) is 106 cm³/mol. The van der Waals surface area contributed by atoms with E-state index in [-0.39, 0.29) is 36.7 Å². The zero-order chi connectivity index (χ0) is 21.2. The topological polar surface area (TPSA) is 108 Å². The summed E-state index contributed by atoms with van der Waals surface area (Å²) in [5, 5.41) is 16.5. The standard InChI is InChI=1S/C20H32N4O5/c1-13-12-28-15(11-25)10-24(13)18(26)16-8-21-22-17(16)14-6-5-7-23(9-14)19(27)29-20(2,3)4/h8,13-15,25H,5-7,9-12H2,1-4H3,(H,21,22)/t13-,14-,15-/m1/s1. The number of hydrogen-bond donors (Lipinski definition) is 2. The van der Waals surface area contributed by atoms with Crippen molar-refractivity contribution in [2.75, 3.05) is 32.8 Å². The molecule has 1 aromatic heterocycles. The van der Waals surface area contributed by atoms with Crippen LogP contribution in [0.25, 0.3) is 0 Å². The molecule has 3 atom stereocenters. The molecule has 3 heterocycles. The molecule has 0 saturated carbocycles. The third-order valence-electron chi connectivity index (χ3n) is 5.35. The number of carbonyl (C=O) groups is 2. The normalized spacial score (nSPS) is 25.8. The number of ether oxygens (including phenoxy) is 2. The van der Waals surface area contributed by atoms with Crippen LogP contribution in [0.2, 0.25) is 0 Å². The maximum absolute atomic E-state index is 13.2. The van der Waals surface area contributed by atoms with Gasteiger partial charge in [0.05, 0.1) is 42.8 Å². The molecule has 9 nitrogen and oxygen atoms in total. The van der Waals surface area contributed by atoms with Crippen LogP contribution in [0.4, 0.5) is 4.79 Å². The van der Waals surface area contributed by atoms with E-state index in [1.54, 1.807) is 16.0 Å². The number of carbonyl (C=O) groups excluding carboxylic acids is 2. The number of likely N-dealkylation sites (tertiary alicyclic amines) is 1. The summed E-state index contributed by atoms with van der Waals surface area (Å²) in [7, 11) is 0. The lowest BCUT2D eigenvalue weighted by Crippen LogP contribution is -2.52. The van der Waals surface area contributed by atoms with Gasteiger partial charge in [-0.3, -0.25) is 9.89 Å². The maximum atomic E-state index is 13.2. The molecule has 2 N–H and O–H groups in total. The van der Waals surface area contributed by atoms with Crippen molar-refractivity contribution in [2.24, 2.45) is 0 Å². The van der Waals surface area contributed by atoms with Crippen LogP contribution in [0.3, 0.4) is 0 Å². The Kier molecular flexibility index (Phi) is 6.48. The second kappa shape index (κ2) is 8.71. The Bertz CT molecular complexity index is 729. The van der Waals surface area contributed by atoms with Crippen molar-refractivity contribution in [3.8, 4) is 0 Å². The van der Waals surface area contributed by atoms with E-state index in [2.05, 4.69) is 10.2 Å². The summed E-state index contributed by atoms with van der Waals surface area (Å²) < 4.78 is 11.0. The highest BCUT2D eigenvalue weighted by molar-refractivity contribution is 5.95. The van der Waals surface area contributed by atoms with Crippen LogP contribution in [-0.2, 0) is 9.47 Å². The Hall–Kier alpha value is -2.13. The molecule has 2 aliphatic heterocycles. The number of piperidine rings is 1. The third kappa shape index (κ3) is 5.08. The molecule has 29 heavy (non-hydrogen) atoms. The SMILES string of the molecule is C[C@@H]1CO[C@@H](CO)CN1C(=O)c1cn[nH]c1[C@@H]1CCCN(C(=O)OC(C)(C)C)C1. The number of aromatic nitrogens is 2. The Balaban J connectivity index is 1.73. The number of aliphatic hydroxyl groups is 1. The van der Waals surface area contributed by atoms with Gasteiger partial charge in [-0.25, -0.2) is 4.79 Å². The van der Waals surface area contributed by atoms with Crippen LogP contribution in [0.15, 0.2) is 6.20 Å². The molecule has 0 spiro atoms. The van der Waals surface area contributed by atoms with Gasteiger partial charge in [0, 0.05) is 25.6 Å². The van der Waals surface area contributed by atoms with Crippen molar-refractivity contribution < 1.29 is 24.2 Å². The van der Waals surface area contributed by atoms with Crippen molar-refractivity contribution in [2.45, 2.75) is 64.2 Å². The highest BCUT2D eigenvalue weighted by atomic mass is 16.6. The zero-order valence-electron chi connectivity index (χ0n) is 17.7. The van der Waals surface area contributed by atoms with Crippen molar-refractivity contribution in [3.05, 3.63) is 17.5 Å².